The molecule has 34 heavy (non-hydrogen) atoms. The van der Waals surface area contributed by atoms with E-state index in [2.05, 4.69) is 60.5 Å². The number of hydrogen-bond donors (Lipinski definition) is 1. The van der Waals surface area contributed by atoms with Crippen molar-refractivity contribution in [1.29, 1.82) is 0 Å². The zero-order valence-corrected chi connectivity index (χ0v) is 19.9. The number of piperazine rings is 1. The smallest absolute Gasteiger partial charge is 0.261 e. The zero-order valence-electron chi connectivity index (χ0n) is 19.9. The van der Waals surface area contributed by atoms with Crippen molar-refractivity contribution in [1.82, 2.24) is 19.8 Å². The van der Waals surface area contributed by atoms with Crippen molar-refractivity contribution in [3.05, 3.63) is 112 Å². The van der Waals surface area contributed by atoms with Crippen molar-refractivity contribution in [2.24, 2.45) is 0 Å². The van der Waals surface area contributed by atoms with Gasteiger partial charge in [-0.05, 0) is 36.6 Å². The molecule has 1 aliphatic rings. The van der Waals surface area contributed by atoms with E-state index in [9.17, 15) is 4.79 Å². The van der Waals surface area contributed by atoms with Crippen LogP contribution in [0, 0.1) is 6.92 Å². The molecule has 4 aromatic rings. The first-order chi connectivity index (χ1) is 16.7. The lowest BCUT2D eigenvalue weighted by Gasteiger charge is -2.41. The molecule has 1 N–H and O–H groups in total. The summed E-state index contributed by atoms with van der Waals surface area (Å²) in [5.74, 6) is 0.856. The van der Waals surface area contributed by atoms with Crippen LogP contribution in [0.1, 0.15) is 47.9 Å². The van der Waals surface area contributed by atoms with E-state index in [1.54, 1.807) is 0 Å². The van der Waals surface area contributed by atoms with Gasteiger partial charge in [0, 0.05) is 25.7 Å². The van der Waals surface area contributed by atoms with E-state index < -0.39 is 0 Å². The Hall–Kier alpha value is -3.28. The topological polar surface area (TPSA) is 50.2 Å². The maximum atomic E-state index is 13.7. The Morgan fingerprint density at radius 1 is 1.00 bits per heavy atom. The summed E-state index contributed by atoms with van der Waals surface area (Å²) in [5.41, 5.74) is 4.47. The van der Waals surface area contributed by atoms with Crippen LogP contribution < -0.4 is 10.9 Å². The normalized spacial score (nSPS) is 17.6. The average molecular weight is 453 g/mol. The third-order valence-corrected chi connectivity index (χ3v) is 6.91. The molecule has 2 unspecified atom stereocenters. The Morgan fingerprint density at radius 2 is 1.74 bits per heavy atom. The Bertz CT molecular complexity index is 1310. The lowest BCUT2D eigenvalue weighted by atomic mass is 9.98. The summed E-state index contributed by atoms with van der Waals surface area (Å²) < 4.78 is 1.90. The van der Waals surface area contributed by atoms with Gasteiger partial charge >= 0.3 is 0 Å². The second-order valence-electron chi connectivity index (χ2n) is 9.16. The van der Waals surface area contributed by atoms with Gasteiger partial charge in [-0.15, -0.1) is 0 Å². The molecule has 174 valence electrons. The Morgan fingerprint density at radius 3 is 2.50 bits per heavy atom. The molecule has 0 amide bonds. The van der Waals surface area contributed by atoms with Gasteiger partial charge in [0.05, 0.1) is 23.5 Å². The standard InChI is InChI=1S/C29H32N4O/c1-3-26(32-18-17-30-19-27(32)23-15-13-21(2)14-16-23)28-31-25-12-8-7-11-24(25)29(34)33(28)20-22-9-5-4-6-10-22/h4-16,26-27,30H,3,17-20H2,1-2H3. The van der Waals surface area contributed by atoms with Crippen molar-refractivity contribution in [2.75, 3.05) is 19.6 Å². The van der Waals surface area contributed by atoms with Gasteiger partial charge in [-0.2, -0.15) is 0 Å². The Balaban J connectivity index is 1.63. The molecule has 1 aliphatic heterocycles. The van der Waals surface area contributed by atoms with Crippen LogP contribution in [0.4, 0.5) is 0 Å². The van der Waals surface area contributed by atoms with E-state index in [1.165, 1.54) is 11.1 Å². The largest absolute Gasteiger partial charge is 0.314 e. The van der Waals surface area contributed by atoms with E-state index in [0.29, 0.717) is 11.9 Å². The molecule has 3 aromatic carbocycles. The highest BCUT2D eigenvalue weighted by molar-refractivity contribution is 5.77. The average Bonchev–Trinajstić information content (AvgIpc) is 2.88. The van der Waals surface area contributed by atoms with Gasteiger partial charge in [0.25, 0.3) is 5.56 Å². The minimum Gasteiger partial charge on any atom is -0.314 e. The first-order valence-electron chi connectivity index (χ1n) is 12.2. The molecule has 0 bridgehead atoms. The lowest BCUT2D eigenvalue weighted by molar-refractivity contribution is 0.0948. The molecule has 1 saturated heterocycles. The monoisotopic (exact) mass is 452 g/mol. The lowest BCUT2D eigenvalue weighted by Crippen LogP contribution is -2.48. The summed E-state index contributed by atoms with van der Waals surface area (Å²) in [5, 5.41) is 4.25. The Labute approximate surface area is 201 Å². The fraction of sp³-hybridized carbons (Fsp3) is 0.310. The number of aromatic nitrogens is 2. The molecule has 2 heterocycles. The minimum absolute atomic E-state index is 0.0323. The van der Waals surface area contributed by atoms with Crippen molar-refractivity contribution >= 4 is 10.9 Å². The third-order valence-electron chi connectivity index (χ3n) is 6.91. The van der Waals surface area contributed by atoms with Crippen molar-refractivity contribution in [3.8, 4) is 0 Å². The number of nitrogens with zero attached hydrogens (tertiary/aromatic N) is 3. The Kier molecular flexibility index (Phi) is 6.57. The molecular formula is C29H32N4O. The maximum Gasteiger partial charge on any atom is 0.261 e. The van der Waals surface area contributed by atoms with Crippen LogP contribution in [0.3, 0.4) is 0 Å². The number of nitrogens with one attached hydrogen (secondary N) is 1. The quantitative estimate of drug-likeness (QED) is 0.454. The van der Waals surface area contributed by atoms with Gasteiger partial charge in [-0.25, -0.2) is 4.98 Å². The van der Waals surface area contributed by atoms with E-state index in [-0.39, 0.29) is 17.6 Å². The van der Waals surface area contributed by atoms with Crippen molar-refractivity contribution in [2.45, 2.75) is 38.9 Å². The number of hydrogen-bond acceptors (Lipinski definition) is 4. The number of fused-ring (bicyclic) bond motifs is 1. The van der Waals surface area contributed by atoms with Gasteiger partial charge in [0.2, 0.25) is 0 Å². The molecular weight excluding hydrogens is 420 g/mol. The highest BCUT2D eigenvalue weighted by Crippen LogP contribution is 2.33. The van der Waals surface area contributed by atoms with Gasteiger partial charge in [-0.3, -0.25) is 14.3 Å². The van der Waals surface area contributed by atoms with Crippen molar-refractivity contribution < 1.29 is 0 Å². The maximum absolute atomic E-state index is 13.7. The number of rotatable bonds is 6. The van der Waals surface area contributed by atoms with Gasteiger partial charge in [0.1, 0.15) is 5.82 Å². The predicted molar refractivity (Wildman–Crippen MR) is 138 cm³/mol. The molecule has 0 spiro atoms. The highest BCUT2D eigenvalue weighted by Gasteiger charge is 2.32. The van der Waals surface area contributed by atoms with Crippen molar-refractivity contribution in [3.63, 3.8) is 0 Å². The first kappa shape index (κ1) is 22.5. The van der Waals surface area contributed by atoms with Gasteiger partial charge in [-0.1, -0.05) is 79.2 Å². The number of benzene rings is 3. The number of para-hydroxylation sites is 1. The molecule has 5 rings (SSSR count). The molecule has 0 aliphatic carbocycles. The SMILES string of the molecule is CCC(c1nc2ccccc2c(=O)n1Cc1ccccc1)N1CCNCC1c1ccc(C)cc1. The molecule has 1 aromatic heterocycles. The third kappa shape index (κ3) is 4.41. The summed E-state index contributed by atoms with van der Waals surface area (Å²) in [6.45, 7) is 7.56. The summed E-state index contributed by atoms with van der Waals surface area (Å²) in [4.78, 5) is 21.4. The molecule has 1 fully saturated rings. The van der Waals surface area contributed by atoms with Crippen LogP contribution in [-0.4, -0.2) is 34.1 Å². The molecule has 0 radical (unpaired) electrons. The first-order valence-corrected chi connectivity index (χ1v) is 12.2. The van der Waals surface area contributed by atoms with Gasteiger partial charge in [0.15, 0.2) is 0 Å². The van der Waals surface area contributed by atoms with Crippen LogP contribution in [0.2, 0.25) is 0 Å². The second kappa shape index (κ2) is 9.92. The molecule has 2 atom stereocenters. The number of aryl methyl sites for hydroxylation is 1. The summed E-state index contributed by atoms with van der Waals surface area (Å²) in [6, 6.07) is 27.0. The highest BCUT2D eigenvalue weighted by atomic mass is 16.1. The van der Waals surface area contributed by atoms with E-state index in [4.69, 9.17) is 4.98 Å². The van der Waals surface area contributed by atoms with Gasteiger partial charge < -0.3 is 5.32 Å². The fourth-order valence-electron chi connectivity index (χ4n) is 5.11. The van der Waals surface area contributed by atoms with Crippen LogP contribution >= 0.6 is 0 Å². The van der Waals surface area contributed by atoms with E-state index in [0.717, 1.165) is 43.0 Å². The predicted octanol–water partition coefficient (Wildman–Crippen LogP) is 4.85. The molecule has 5 heteroatoms. The van der Waals surface area contributed by atoms with E-state index in [1.807, 2.05) is 47.0 Å². The van der Waals surface area contributed by atoms with Crippen LogP contribution in [-0.2, 0) is 6.54 Å². The van der Waals surface area contributed by atoms with Crippen LogP contribution in [0.25, 0.3) is 10.9 Å². The minimum atomic E-state index is 0.0323. The summed E-state index contributed by atoms with van der Waals surface area (Å²) in [6.07, 6.45) is 0.877. The van der Waals surface area contributed by atoms with Crippen LogP contribution in [0.5, 0.6) is 0 Å². The summed E-state index contributed by atoms with van der Waals surface area (Å²) >= 11 is 0. The van der Waals surface area contributed by atoms with Crippen LogP contribution in [0.15, 0.2) is 83.7 Å². The zero-order chi connectivity index (χ0) is 23.5. The summed E-state index contributed by atoms with van der Waals surface area (Å²) in [7, 11) is 0. The molecule has 0 saturated carbocycles. The fourth-order valence-corrected chi connectivity index (χ4v) is 5.11. The van der Waals surface area contributed by atoms with E-state index >= 15 is 0 Å². The second-order valence-corrected chi connectivity index (χ2v) is 9.16. The molecule has 5 nitrogen and oxygen atoms in total.